The number of nitrogens with zero attached hydrogens (tertiary/aromatic N) is 1. The van der Waals surface area contributed by atoms with Gasteiger partial charge < -0.3 is 53.2 Å². The van der Waals surface area contributed by atoms with Gasteiger partial charge in [0.05, 0.1) is 43.0 Å². The average Bonchev–Trinajstić information content (AvgIpc) is 3.83. The molecule has 3 aliphatic carbocycles. The second-order valence-corrected chi connectivity index (χ2v) is 19.2. The van der Waals surface area contributed by atoms with Gasteiger partial charge in [0, 0.05) is 50.5 Å². The van der Waals surface area contributed by atoms with Crippen LogP contribution in [0.5, 0.6) is 0 Å². The zero-order valence-electron chi connectivity index (χ0n) is 38.5. The fourth-order valence-electron chi connectivity index (χ4n) is 12.1. The van der Waals surface area contributed by atoms with E-state index >= 15 is 9.18 Å². The summed E-state index contributed by atoms with van der Waals surface area (Å²) in [6.07, 6.45) is 2.64. The number of carbonyl (C=O) groups excluding carboxylic acids is 2. The molecule has 0 bridgehead atoms. The number of fused-ring (bicyclic) bond motifs is 5. The second-order valence-electron chi connectivity index (χ2n) is 19.2. The molecule has 0 spiro atoms. The van der Waals surface area contributed by atoms with Crippen molar-refractivity contribution in [3.8, 4) is 0 Å². The van der Waals surface area contributed by atoms with Crippen LogP contribution in [0.25, 0.3) is 0 Å². The van der Waals surface area contributed by atoms with E-state index < -0.39 is 60.8 Å². The fourth-order valence-corrected chi connectivity index (χ4v) is 12.1. The van der Waals surface area contributed by atoms with Crippen LogP contribution < -0.4 is 5.32 Å². The summed E-state index contributed by atoms with van der Waals surface area (Å²) in [5, 5.41) is 16.2. The third kappa shape index (κ3) is 9.56. The van der Waals surface area contributed by atoms with Gasteiger partial charge in [-0.3, -0.25) is 9.59 Å². The zero-order valence-corrected chi connectivity index (χ0v) is 38.5. The van der Waals surface area contributed by atoms with Crippen LogP contribution in [0.4, 0.5) is 10.1 Å². The van der Waals surface area contributed by atoms with Crippen LogP contribution in [-0.2, 0) is 47.5 Å². The average molecular weight is 873 g/mol. The van der Waals surface area contributed by atoms with Crippen molar-refractivity contribution in [2.24, 2.45) is 35.5 Å². The van der Waals surface area contributed by atoms with Crippen molar-refractivity contribution in [1.82, 2.24) is 4.90 Å². The maximum atomic E-state index is 15.2. The lowest BCUT2D eigenvalue weighted by molar-refractivity contribution is -0.314. The first-order valence-electron chi connectivity index (χ1n) is 23.2. The third-order valence-electron chi connectivity index (χ3n) is 15.5. The molecule has 62 heavy (non-hydrogen) atoms. The molecule has 3 unspecified atom stereocenters. The Kier molecular flexibility index (Phi) is 15.6. The lowest BCUT2D eigenvalue weighted by atomic mass is 9.62. The molecule has 348 valence electrons. The molecule has 2 N–H and O–H groups in total. The molecule has 14 heteroatoms. The maximum absolute atomic E-state index is 15.2. The number of anilines is 1. The molecular formula is C48H73FN2O11. The van der Waals surface area contributed by atoms with Gasteiger partial charge in [0.1, 0.15) is 30.2 Å². The molecule has 0 radical (unpaired) electrons. The molecule has 13 nitrogen and oxygen atoms in total. The Morgan fingerprint density at radius 2 is 1.63 bits per heavy atom. The van der Waals surface area contributed by atoms with Crippen LogP contribution in [0.1, 0.15) is 91.0 Å². The predicted octanol–water partition coefficient (Wildman–Crippen LogP) is 6.22. The number of rotatable bonds is 11. The largest absolute Gasteiger partial charge is 0.462 e. The van der Waals surface area contributed by atoms with Gasteiger partial charge in [0.15, 0.2) is 18.4 Å². The van der Waals surface area contributed by atoms with Crippen LogP contribution >= 0.6 is 0 Å². The number of likely N-dealkylation sites (N-methyl/N-ethyl adjacent to an activating group) is 1. The molecule has 5 fully saturated rings. The number of aliphatic hydroxyl groups is 1. The number of allylic oxidation sites excluding steroid dienone is 2. The topological polar surface area (TPSA) is 143 Å². The van der Waals surface area contributed by atoms with E-state index in [4.69, 9.17) is 37.9 Å². The Bertz CT molecular complexity index is 1730. The van der Waals surface area contributed by atoms with E-state index in [9.17, 15) is 9.90 Å². The van der Waals surface area contributed by atoms with Gasteiger partial charge in [-0.15, -0.1) is 0 Å². The minimum Gasteiger partial charge on any atom is -0.462 e. The van der Waals surface area contributed by atoms with Gasteiger partial charge in [-0.1, -0.05) is 26.0 Å². The Labute approximate surface area is 368 Å². The van der Waals surface area contributed by atoms with Crippen molar-refractivity contribution in [2.75, 3.05) is 40.7 Å². The van der Waals surface area contributed by atoms with Gasteiger partial charge in [-0.25, -0.2) is 4.39 Å². The molecule has 7 rings (SSSR count). The van der Waals surface area contributed by atoms with Crippen molar-refractivity contribution < 1.29 is 57.0 Å². The molecule has 1 aromatic carbocycles. The SMILES string of the molecule is CC[C@H]1CCC[C@H](O[C@H]2CC[C@H](N(C)C)C(C)O2)[C@@H](C)C(=O)C2=C[C@H]3[C@@H]4C[C@H](O[C@@H]5OC(C)[C@H](OC)C(OC)[C@@H]5OC)C[C@H]4[C@@H](O)[C@H](Nc4cccc(F)c4C)[C@H]3[C@@H]2CC(=O)O1. The minimum atomic E-state index is -0.917. The summed E-state index contributed by atoms with van der Waals surface area (Å²) in [6.45, 7) is 9.69. The quantitative estimate of drug-likeness (QED) is 0.243. The number of ether oxygens (including phenoxy) is 8. The molecule has 1 aromatic rings. The Hall–Kier alpha value is -2.53. The van der Waals surface area contributed by atoms with Crippen molar-refractivity contribution in [3.05, 3.63) is 41.2 Å². The summed E-state index contributed by atoms with van der Waals surface area (Å²) in [5.41, 5.74) is 1.57. The van der Waals surface area contributed by atoms with Crippen LogP contribution in [0.3, 0.4) is 0 Å². The van der Waals surface area contributed by atoms with Crippen LogP contribution in [0, 0.1) is 48.2 Å². The molecule has 3 saturated heterocycles. The van der Waals surface area contributed by atoms with Crippen molar-refractivity contribution >= 4 is 17.4 Å². The normalized spacial score (nSPS) is 42.9. The number of benzene rings is 1. The lowest BCUT2D eigenvalue weighted by Crippen LogP contribution is -2.59. The van der Waals surface area contributed by atoms with E-state index in [0.717, 1.165) is 19.3 Å². The summed E-state index contributed by atoms with van der Waals surface area (Å²) >= 11 is 0. The molecule has 0 amide bonds. The van der Waals surface area contributed by atoms with E-state index in [1.165, 1.54) is 6.07 Å². The third-order valence-corrected chi connectivity index (χ3v) is 15.5. The molecular weight excluding hydrogens is 800 g/mol. The predicted molar refractivity (Wildman–Crippen MR) is 230 cm³/mol. The van der Waals surface area contributed by atoms with E-state index in [1.807, 2.05) is 26.8 Å². The first kappa shape index (κ1) is 47.4. The number of nitrogens with one attached hydrogen (secondary N) is 1. The Balaban J connectivity index is 1.23. The number of Topliss-reactive ketones (excluding diaryl/α,β-unsaturated/α-hetero) is 1. The number of halogens is 1. The summed E-state index contributed by atoms with van der Waals surface area (Å²) in [5.74, 6) is -2.81. The van der Waals surface area contributed by atoms with E-state index in [2.05, 4.69) is 37.3 Å². The van der Waals surface area contributed by atoms with E-state index in [1.54, 1.807) is 34.3 Å². The highest BCUT2D eigenvalue weighted by Gasteiger charge is 2.60. The molecule has 2 saturated carbocycles. The number of carbonyl (C=O) groups is 2. The highest BCUT2D eigenvalue weighted by molar-refractivity contribution is 5.99. The highest BCUT2D eigenvalue weighted by atomic mass is 19.1. The monoisotopic (exact) mass is 873 g/mol. The number of aliphatic hydroxyl groups excluding tert-OH is 1. The van der Waals surface area contributed by atoms with Crippen LogP contribution in [0.15, 0.2) is 29.8 Å². The highest BCUT2D eigenvalue weighted by Crippen LogP contribution is 2.57. The number of hydrogen-bond donors (Lipinski definition) is 2. The number of methoxy groups -OCH3 is 3. The fraction of sp³-hybridized carbons (Fsp3) is 0.792. The number of cyclic esters (lactones) is 1. The van der Waals surface area contributed by atoms with Gasteiger partial charge in [0.2, 0.25) is 0 Å². The molecule has 3 heterocycles. The second kappa shape index (κ2) is 20.3. The zero-order chi connectivity index (χ0) is 44.6. The van der Waals surface area contributed by atoms with Gasteiger partial charge >= 0.3 is 5.97 Å². The standard InChI is InChI=1S/C48H73FN2O11/c1-11-28-14-12-17-38(62-40-19-18-37(51(6)7)26(4)58-40)25(3)43(53)34-22-31-30-20-29(61-48-47(57-10)46(56-9)45(55-8)27(5)59-48)21-33(30)44(54)42(41(31)32(34)23-39(52)60-28)50-36-16-13-15-35(49)24(36)2/h13,15-16,22,25-33,37-38,40-42,44-48,50,54H,11-12,14,17-21,23H2,1-10H3/t25-,26?,27?,28+,29+,30+,31+,32-,33-,37+,38+,40+,41-,42-,44-,45+,46?,47+,48+/m1/s1. The van der Waals surface area contributed by atoms with Crippen LogP contribution in [0.2, 0.25) is 0 Å². The summed E-state index contributed by atoms with van der Waals surface area (Å²) in [7, 11) is 8.97. The van der Waals surface area contributed by atoms with Gasteiger partial charge in [-0.2, -0.15) is 0 Å². The minimum absolute atomic E-state index is 0.0185. The number of esters is 1. The van der Waals surface area contributed by atoms with Crippen molar-refractivity contribution in [1.29, 1.82) is 0 Å². The Morgan fingerprint density at radius 1 is 0.903 bits per heavy atom. The number of ketones is 1. The molecule has 19 atom stereocenters. The first-order valence-corrected chi connectivity index (χ1v) is 23.2. The summed E-state index contributed by atoms with van der Waals surface area (Å²) < 4.78 is 65.1. The van der Waals surface area contributed by atoms with E-state index in [0.29, 0.717) is 48.9 Å². The lowest BCUT2D eigenvalue weighted by Gasteiger charge is -2.48. The van der Waals surface area contributed by atoms with Crippen molar-refractivity contribution in [2.45, 2.75) is 172 Å². The smallest absolute Gasteiger partial charge is 0.306 e. The molecule has 3 aliphatic heterocycles. The van der Waals surface area contributed by atoms with Crippen molar-refractivity contribution in [3.63, 3.8) is 0 Å². The summed E-state index contributed by atoms with van der Waals surface area (Å²) in [4.78, 5) is 31.4. The van der Waals surface area contributed by atoms with E-state index in [-0.39, 0.29) is 78.3 Å². The van der Waals surface area contributed by atoms with Crippen LogP contribution in [-0.4, -0.2) is 137 Å². The molecule has 6 aliphatic rings. The molecule has 0 aromatic heterocycles. The number of hydrogen-bond acceptors (Lipinski definition) is 13. The first-order chi connectivity index (χ1) is 29.7. The van der Waals surface area contributed by atoms with Gasteiger partial charge in [-0.05, 0) is 128 Å². The summed E-state index contributed by atoms with van der Waals surface area (Å²) in [6, 6.07) is 4.53. The Morgan fingerprint density at radius 3 is 2.31 bits per heavy atom. The maximum Gasteiger partial charge on any atom is 0.306 e. The van der Waals surface area contributed by atoms with Gasteiger partial charge in [0.25, 0.3) is 0 Å².